The van der Waals surface area contributed by atoms with Gasteiger partial charge >= 0.3 is 0 Å². The Hall–Kier alpha value is -2.23. The summed E-state index contributed by atoms with van der Waals surface area (Å²) in [6, 6.07) is 12.4. The van der Waals surface area contributed by atoms with Crippen molar-refractivity contribution in [3.8, 4) is 0 Å². The van der Waals surface area contributed by atoms with Crippen molar-refractivity contribution in [3.63, 3.8) is 0 Å². The number of anilines is 1. The molecule has 1 aliphatic rings. The Balaban J connectivity index is 1.34. The van der Waals surface area contributed by atoms with Crippen LogP contribution in [-0.2, 0) is 25.9 Å². The zero-order chi connectivity index (χ0) is 19.8. The van der Waals surface area contributed by atoms with Crippen molar-refractivity contribution < 1.29 is 0 Å². The Morgan fingerprint density at radius 1 is 1.21 bits per heavy atom. The highest BCUT2D eigenvalue weighted by molar-refractivity contribution is 8.00. The van der Waals surface area contributed by atoms with Gasteiger partial charge in [-0.3, -0.25) is 4.98 Å². The van der Waals surface area contributed by atoms with E-state index in [-0.39, 0.29) is 0 Å². The summed E-state index contributed by atoms with van der Waals surface area (Å²) < 4.78 is 6.94. The summed E-state index contributed by atoms with van der Waals surface area (Å²) in [6.45, 7) is 1.64. The quantitative estimate of drug-likeness (QED) is 0.332. The van der Waals surface area contributed by atoms with Crippen LogP contribution in [0.4, 0.5) is 5.69 Å². The summed E-state index contributed by atoms with van der Waals surface area (Å²) in [5, 5.41) is 4.81. The van der Waals surface area contributed by atoms with Gasteiger partial charge in [-0.1, -0.05) is 23.9 Å². The van der Waals surface area contributed by atoms with Crippen LogP contribution in [0, 0.1) is 4.77 Å². The fraction of sp³-hybridized carbons (Fsp3) is 0.300. The fourth-order valence-corrected chi connectivity index (χ4v) is 5.82. The molecule has 29 heavy (non-hydrogen) atoms. The third-order valence-electron chi connectivity index (χ3n) is 5.08. The van der Waals surface area contributed by atoms with Gasteiger partial charge in [-0.05, 0) is 49.3 Å². The maximum Gasteiger partial charge on any atom is 0.199 e. The van der Waals surface area contributed by atoms with Gasteiger partial charge in [-0.15, -0.1) is 11.3 Å². The molecule has 1 aromatic carbocycles. The van der Waals surface area contributed by atoms with E-state index < -0.39 is 0 Å². The normalized spacial score (nSPS) is 13.8. The molecule has 0 spiro atoms. The molecule has 148 valence electrons. The molecule has 0 saturated carbocycles. The molecular formula is C20H20N6S3. The van der Waals surface area contributed by atoms with Gasteiger partial charge in [0.15, 0.2) is 9.11 Å². The van der Waals surface area contributed by atoms with Crippen LogP contribution in [0.15, 0.2) is 46.9 Å². The van der Waals surface area contributed by atoms with Crippen LogP contribution in [0.25, 0.3) is 10.2 Å². The van der Waals surface area contributed by atoms with Gasteiger partial charge < -0.3 is 9.47 Å². The standard InChI is InChI=1S/C20H20N6S3/c1-24-18(12-28-19-22-15-6-2-3-9-17(15)29-19)23-26(20(24)27)13-25-11-5-7-14-16(25)8-4-10-21-14/h2-4,6,8-10H,5,7,11-13H2,1H3. The fourth-order valence-electron chi connectivity index (χ4n) is 3.57. The lowest BCUT2D eigenvalue weighted by Crippen LogP contribution is -2.32. The van der Waals surface area contributed by atoms with E-state index in [9.17, 15) is 0 Å². The van der Waals surface area contributed by atoms with E-state index in [0.29, 0.717) is 6.67 Å². The molecule has 0 saturated heterocycles. The first kappa shape index (κ1) is 18.8. The minimum atomic E-state index is 0.650. The van der Waals surface area contributed by atoms with Gasteiger partial charge in [0.25, 0.3) is 0 Å². The van der Waals surface area contributed by atoms with Crippen molar-refractivity contribution in [2.75, 3.05) is 11.4 Å². The Morgan fingerprint density at radius 3 is 3.00 bits per heavy atom. The van der Waals surface area contributed by atoms with Gasteiger partial charge in [0.05, 0.1) is 27.4 Å². The van der Waals surface area contributed by atoms with E-state index in [1.165, 1.54) is 10.4 Å². The smallest absolute Gasteiger partial charge is 0.199 e. The highest BCUT2D eigenvalue weighted by Crippen LogP contribution is 2.31. The number of hydrogen-bond acceptors (Lipinski definition) is 7. The third kappa shape index (κ3) is 3.70. The number of benzene rings is 1. The average Bonchev–Trinajstić information content (AvgIpc) is 3.28. The third-order valence-corrected chi connectivity index (χ3v) is 7.74. The minimum absolute atomic E-state index is 0.650. The van der Waals surface area contributed by atoms with Crippen LogP contribution in [-0.4, -0.2) is 30.9 Å². The number of thiazole rings is 1. The summed E-state index contributed by atoms with van der Waals surface area (Å²) in [5.74, 6) is 1.70. The molecule has 0 unspecified atom stereocenters. The molecule has 0 atom stereocenters. The Bertz CT molecular complexity index is 1190. The highest BCUT2D eigenvalue weighted by atomic mass is 32.2. The maximum atomic E-state index is 5.66. The molecule has 5 rings (SSSR count). The zero-order valence-electron chi connectivity index (χ0n) is 16.0. The molecule has 4 heterocycles. The van der Waals surface area contributed by atoms with Crippen molar-refractivity contribution >= 4 is 51.2 Å². The van der Waals surface area contributed by atoms with Crippen molar-refractivity contribution in [3.05, 3.63) is 58.9 Å². The number of hydrogen-bond donors (Lipinski definition) is 0. The van der Waals surface area contributed by atoms with E-state index in [1.807, 2.05) is 40.7 Å². The van der Waals surface area contributed by atoms with E-state index in [4.69, 9.17) is 22.3 Å². The molecule has 0 N–H and O–H groups in total. The van der Waals surface area contributed by atoms with Gasteiger partial charge in [0.1, 0.15) is 12.5 Å². The minimum Gasteiger partial charge on any atom is -0.351 e. The summed E-state index contributed by atoms with van der Waals surface area (Å²) in [6.07, 6.45) is 4.00. The van der Waals surface area contributed by atoms with Crippen LogP contribution < -0.4 is 4.90 Å². The van der Waals surface area contributed by atoms with E-state index >= 15 is 0 Å². The Morgan fingerprint density at radius 2 is 2.10 bits per heavy atom. The second-order valence-electron chi connectivity index (χ2n) is 6.97. The summed E-state index contributed by atoms with van der Waals surface area (Å²) >= 11 is 9.10. The van der Waals surface area contributed by atoms with Crippen LogP contribution in [0.5, 0.6) is 0 Å². The van der Waals surface area contributed by atoms with Crippen molar-refractivity contribution in [2.24, 2.45) is 7.05 Å². The molecule has 0 aliphatic carbocycles. The molecule has 3 aromatic heterocycles. The molecule has 0 amide bonds. The topological polar surface area (TPSA) is 51.8 Å². The number of rotatable bonds is 5. The molecule has 6 nitrogen and oxygen atoms in total. The van der Waals surface area contributed by atoms with Gasteiger partial charge in [0, 0.05) is 19.8 Å². The van der Waals surface area contributed by atoms with E-state index in [2.05, 4.69) is 28.1 Å². The first-order valence-corrected chi connectivity index (χ1v) is 11.7. The highest BCUT2D eigenvalue weighted by Gasteiger charge is 2.19. The number of aromatic nitrogens is 5. The van der Waals surface area contributed by atoms with Crippen LogP contribution >= 0.6 is 35.3 Å². The molecule has 0 radical (unpaired) electrons. The van der Waals surface area contributed by atoms with E-state index in [0.717, 1.165) is 51.3 Å². The largest absolute Gasteiger partial charge is 0.351 e. The first-order chi connectivity index (χ1) is 14.2. The molecule has 0 fully saturated rings. The molecular weight excluding hydrogens is 420 g/mol. The Labute approximate surface area is 182 Å². The van der Waals surface area contributed by atoms with Gasteiger partial charge in [-0.25, -0.2) is 9.67 Å². The lowest BCUT2D eigenvalue weighted by molar-refractivity contribution is 0.539. The van der Waals surface area contributed by atoms with Crippen LogP contribution in [0.2, 0.25) is 0 Å². The van der Waals surface area contributed by atoms with Crippen LogP contribution in [0.3, 0.4) is 0 Å². The molecule has 0 bridgehead atoms. The van der Waals surface area contributed by atoms with Gasteiger partial charge in [0.2, 0.25) is 0 Å². The number of aryl methyl sites for hydroxylation is 1. The summed E-state index contributed by atoms with van der Waals surface area (Å²) in [4.78, 5) is 11.5. The second kappa shape index (κ2) is 7.89. The van der Waals surface area contributed by atoms with Crippen molar-refractivity contribution in [1.29, 1.82) is 0 Å². The van der Waals surface area contributed by atoms with Gasteiger partial charge in [-0.2, -0.15) is 5.10 Å². The monoisotopic (exact) mass is 440 g/mol. The number of thioether (sulfide) groups is 1. The van der Waals surface area contributed by atoms with Crippen molar-refractivity contribution in [1.82, 2.24) is 24.3 Å². The van der Waals surface area contributed by atoms with Crippen LogP contribution in [0.1, 0.15) is 17.9 Å². The Kier molecular flexibility index (Phi) is 5.11. The predicted octanol–water partition coefficient (Wildman–Crippen LogP) is 4.66. The second-order valence-corrected chi connectivity index (χ2v) is 9.59. The number of pyridine rings is 1. The molecule has 9 heteroatoms. The number of para-hydroxylation sites is 1. The zero-order valence-corrected chi connectivity index (χ0v) is 18.4. The maximum absolute atomic E-state index is 5.66. The summed E-state index contributed by atoms with van der Waals surface area (Å²) in [5.41, 5.74) is 3.40. The molecule has 4 aromatic rings. The lowest BCUT2D eigenvalue weighted by Gasteiger charge is -2.30. The number of nitrogens with zero attached hydrogens (tertiary/aromatic N) is 6. The predicted molar refractivity (Wildman–Crippen MR) is 121 cm³/mol. The number of fused-ring (bicyclic) bond motifs is 2. The average molecular weight is 441 g/mol. The van der Waals surface area contributed by atoms with Crippen molar-refractivity contribution in [2.45, 2.75) is 29.6 Å². The van der Waals surface area contributed by atoms with E-state index in [1.54, 1.807) is 23.1 Å². The molecule has 1 aliphatic heterocycles. The first-order valence-electron chi connectivity index (χ1n) is 9.49. The SMILES string of the molecule is Cn1c(CSc2nc3ccccc3s2)nn(CN2CCCc3ncccc32)c1=S. The summed E-state index contributed by atoms with van der Waals surface area (Å²) in [7, 11) is 1.99. The lowest BCUT2D eigenvalue weighted by atomic mass is 10.1.